The van der Waals surface area contributed by atoms with Gasteiger partial charge in [0.25, 0.3) is 0 Å². The lowest BCUT2D eigenvalue weighted by Gasteiger charge is -2.28. The van der Waals surface area contributed by atoms with Crippen molar-refractivity contribution in [1.82, 2.24) is 10.6 Å². The van der Waals surface area contributed by atoms with E-state index in [0.717, 1.165) is 31.2 Å². The van der Waals surface area contributed by atoms with Gasteiger partial charge in [0.05, 0.1) is 6.04 Å². The van der Waals surface area contributed by atoms with Crippen molar-refractivity contribution in [2.45, 2.75) is 50.6 Å². The van der Waals surface area contributed by atoms with Crippen molar-refractivity contribution < 1.29 is 14.4 Å². The Bertz CT molecular complexity index is 725. The lowest BCUT2D eigenvalue weighted by Crippen LogP contribution is -2.46. The van der Waals surface area contributed by atoms with Gasteiger partial charge in [-0.1, -0.05) is 49.8 Å². The number of rotatable bonds is 8. The Labute approximate surface area is 159 Å². The van der Waals surface area contributed by atoms with Crippen LogP contribution in [0.1, 0.15) is 50.1 Å². The number of Topliss-reactive ketones (excluding diaryl/α,β-unsaturated/α-hetero) is 1. The molecule has 3 atom stereocenters. The molecular weight excluding hydrogens is 342 g/mol. The summed E-state index contributed by atoms with van der Waals surface area (Å²) in [6, 6.07) is 9.02. The Morgan fingerprint density at radius 1 is 1.22 bits per heavy atom. The molecule has 27 heavy (non-hydrogen) atoms. The zero-order valence-corrected chi connectivity index (χ0v) is 15.4. The number of carbonyl (C=O) groups excluding carboxylic acids is 3. The molecule has 1 saturated heterocycles. The third-order valence-electron chi connectivity index (χ3n) is 5.54. The third-order valence-corrected chi connectivity index (χ3v) is 5.54. The van der Waals surface area contributed by atoms with E-state index in [-0.39, 0.29) is 30.1 Å². The van der Waals surface area contributed by atoms with Crippen molar-refractivity contribution in [1.29, 1.82) is 0 Å². The van der Waals surface area contributed by atoms with Gasteiger partial charge in [-0.15, -0.1) is 0 Å². The molecule has 0 spiro atoms. The van der Waals surface area contributed by atoms with Crippen molar-refractivity contribution in [3.63, 3.8) is 0 Å². The minimum Gasteiger partial charge on any atom is -0.379 e. The molecular formula is C21H27N3O3. The van der Waals surface area contributed by atoms with Crippen LogP contribution in [-0.4, -0.2) is 23.6 Å². The zero-order chi connectivity index (χ0) is 19.4. The van der Waals surface area contributed by atoms with Gasteiger partial charge in [0.2, 0.25) is 11.8 Å². The molecule has 2 amide bonds. The molecule has 1 aliphatic heterocycles. The maximum absolute atomic E-state index is 13.0. The van der Waals surface area contributed by atoms with Crippen molar-refractivity contribution in [3.05, 3.63) is 48.2 Å². The van der Waals surface area contributed by atoms with Gasteiger partial charge in [-0.25, -0.2) is 0 Å². The summed E-state index contributed by atoms with van der Waals surface area (Å²) >= 11 is 0. The lowest BCUT2D eigenvalue weighted by atomic mass is 9.86. The minimum absolute atomic E-state index is 0.0570. The smallest absolute Gasteiger partial charge is 0.237 e. The normalized spacial score (nSPS) is 22.3. The van der Waals surface area contributed by atoms with E-state index < -0.39 is 17.9 Å². The van der Waals surface area contributed by atoms with Gasteiger partial charge in [0, 0.05) is 24.6 Å². The Morgan fingerprint density at radius 2 is 1.89 bits per heavy atom. The van der Waals surface area contributed by atoms with E-state index in [1.807, 2.05) is 30.3 Å². The van der Waals surface area contributed by atoms with E-state index in [1.54, 1.807) is 0 Å². The summed E-state index contributed by atoms with van der Waals surface area (Å²) in [6.07, 6.45) is 4.45. The molecule has 3 rings (SSSR count). The van der Waals surface area contributed by atoms with Crippen LogP contribution in [0.25, 0.3) is 0 Å². The molecule has 1 saturated carbocycles. The van der Waals surface area contributed by atoms with Crippen molar-refractivity contribution in [2.24, 2.45) is 17.6 Å². The first-order valence-electron chi connectivity index (χ1n) is 9.58. The van der Waals surface area contributed by atoms with Crippen molar-refractivity contribution in [3.8, 4) is 0 Å². The Balaban J connectivity index is 1.68. The topological polar surface area (TPSA) is 101 Å². The summed E-state index contributed by atoms with van der Waals surface area (Å²) in [5, 5.41) is 5.49. The first kappa shape index (κ1) is 19.3. The number of carbonyl (C=O) groups is 3. The van der Waals surface area contributed by atoms with Gasteiger partial charge in [0.1, 0.15) is 5.92 Å². The Kier molecular flexibility index (Phi) is 6.06. The molecule has 1 aromatic carbocycles. The molecule has 0 aromatic heterocycles. The summed E-state index contributed by atoms with van der Waals surface area (Å²) in [7, 11) is 0. The van der Waals surface area contributed by atoms with E-state index in [2.05, 4.69) is 17.2 Å². The Hall–Kier alpha value is -2.47. The summed E-state index contributed by atoms with van der Waals surface area (Å²) in [5.74, 6) is -1.81. The van der Waals surface area contributed by atoms with Crippen LogP contribution in [0.15, 0.2) is 42.6 Å². The van der Waals surface area contributed by atoms with Crippen LogP contribution in [-0.2, 0) is 14.4 Å². The first-order valence-corrected chi connectivity index (χ1v) is 9.58. The number of ketones is 1. The summed E-state index contributed by atoms with van der Waals surface area (Å²) in [6.45, 7) is 4.06. The number of hydrogen-bond acceptors (Lipinski definition) is 5. The molecule has 6 nitrogen and oxygen atoms in total. The second-order valence-corrected chi connectivity index (χ2v) is 7.56. The molecule has 0 radical (unpaired) electrons. The number of benzene rings is 1. The van der Waals surface area contributed by atoms with Crippen LogP contribution in [0, 0.1) is 11.8 Å². The minimum atomic E-state index is -0.897. The monoisotopic (exact) mass is 369 g/mol. The van der Waals surface area contributed by atoms with E-state index in [1.165, 1.54) is 0 Å². The fourth-order valence-electron chi connectivity index (χ4n) is 4.07. The first-order chi connectivity index (χ1) is 13.0. The highest BCUT2D eigenvalue weighted by molar-refractivity contribution is 6.15. The van der Waals surface area contributed by atoms with Gasteiger partial charge in [-0.3, -0.25) is 19.7 Å². The third kappa shape index (κ3) is 4.63. The number of nitrogens with one attached hydrogen (secondary N) is 2. The van der Waals surface area contributed by atoms with Gasteiger partial charge < -0.3 is 11.1 Å². The molecule has 4 N–H and O–H groups in total. The highest BCUT2D eigenvalue weighted by Crippen LogP contribution is 2.31. The van der Waals surface area contributed by atoms with Gasteiger partial charge >= 0.3 is 0 Å². The van der Waals surface area contributed by atoms with E-state index >= 15 is 0 Å². The number of hydrogen-bond donors (Lipinski definition) is 3. The highest BCUT2D eigenvalue weighted by atomic mass is 16.2. The van der Waals surface area contributed by atoms with Gasteiger partial charge in [-0.05, 0) is 24.3 Å². The van der Waals surface area contributed by atoms with Crippen LogP contribution in [0.4, 0.5) is 0 Å². The average molecular weight is 369 g/mol. The molecule has 6 heteroatoms. The largest absolute Gasteiger partial charge is 0.379 e. The predicted octanol–water partition coefficient (Wildman–Crippen LogP) is 1.97. The van der Waals surface area contributed by atoms with Crippen LogP contribution < -0.4 is 16.4 Å². The van der Waals surface area contributed by atoms with E-state index in [0.29, 0.717) is 12.1 Å². The number of imide groups is 1. The van der Waals surface area contributed by atoms with Gasteiger partial charge in [-0.2, -0.15) is 0 Å². The van der Waals surface area contributed by atoms with Crippen molar-refractivity contribution in [2.75, 3.05) is 0 Å². The maximum Gasteiger partial charge on any atom is 0.237 e. The maximum atomic E-state index is 13.0. The molecule has 1 aliphatic carbocycles. The molecule has 2 unspecified atom stereocenters. The highest BCUT2D eigenvalue weighted by Gasteiger charge is 2.42. The second kappa shape index (κ2) is 8.48. The Morgan fingerprint density at radius 3 is 2.48 bits per heavy atom. The molecule has 1 heterocycles. The van der Waals surface area contributed by atoms with Crippen LogP contribution in [0.2, 0.25) is 0 Å². The van der Waals surface area contributed by atoms with Crippen molar-refractivity contribution >= 4 is 17.6 Å². The second-order valence-electron chi connectivity index (χ2n) is 7.56. The van der Waals surface area contributed by atoms with E-state index in [4.69, 9.17) is 5.73 Å². The standard InChI is InChI=1S/C21H27N3O3/c1-13(11-17(22)14-7-3-2-4-8-14)23-19(15-9-5-6-10-15)20(26)16-12-18(25)24-21(16)27/h2-4,7-8,15-17,19,23H,1,5-6,9-12,22H2,(H,24,25,27)/t16?,17-,19?/m0/s1. The van der Waals surface area contributed by atoms with E-state index in [9.17, 15) is 14.4 Å². The summed E-state index contributed by atoms with van der Waals surface area (Å²) in [5.41, 5.74) is 7.96. The van der Waals surface area contributed by atoms with Crippen LogP contribution in [0.5, 0.6) is 0 Å². The van der Waals surface area contributed by atoms with Crippen LogP contribution >= 0.6 is 0 Å². The number of nitrogens with two attached hydrogens (primary N) is 1. The summed E-state index contributed by atoms with van der Waals surface area (Å²) < 4.78 is 0. The quantitative estimate of drug-likeness (QED) is 0.480. The SMILES string of the molecule is C=C(C[C@H](N)c1ccccc1)NC(C(=O)C1CC(=O)NC1=O)C1CCCC1. The average Bonchev–Trinajstić information content (AvgIpc) is 3.29. The molecule has 2 aliphatic rings. The lowest BCUT2D eigenvalue weighted by molar-refractivity contribution is -0.133. The van der Waals surface area contributed by atoms with Crippen LogP contribution in [0.3, 0.4) is 0 Å². The van der Waals surface area contributed by atoms with Gasteiger partial charge in [0.15, 0.2) is 5.78 Å². The fourth-order valence-corrected chi connectivity index (χ4v) is 4.07. The summed E-state index contributed by atoms with van der Waals surface area (Å²) in [4.78, 5) is 36.5. The zero-order valence-electron chi connectivity index (χ0n) is 15.4. The fraction of sp³-hybridized carbons (Fsp3) is 0.476. The molecule has 0 bridgehead atoms. The number of amides is 2. The molecule has 144 valence electrons. The molecule has 1 aromatic rings. The molecule has 2 fully saturated rings. The predicted molar refractivity (Wildman–Crippen MR) is 102 cm³/mol.